The Bertz CT molecular complexity index is 537. The minimum atomic E-state index is -0.874. The third-order valence-corrected chi connectivity index (χ3v) is 3.50. The molecule has 2 atom stereocenters. The van der Waals surface area contributed by atoms with E-state index in [0.29, 0.717) is 6.42 Å². The third-order valence-electron chi connectivity index (χ3n) is 3.50. The van der Waals surface area contributed by atoms with Gasteiger partial charge in [0.15, 0.2) is 0 Å². The van der Waals surface area contributed by atoms with Crippen LogP contribution in [0.15, 0.2) is 36.4 Å². The van der Waals surface area contributed by atoms with Gasteiger partial charge in [-0.1, -0.05) is 37.3 Å². The number of aryl methyl sites for hydroxylation is 2. The van der Waals surface area contributed by atoms with Crippen molar-refractivity contribution in [3.63, 3.8) is 0 Å². The molecule has 2 unspecified atom stereocenters. The first-order chi connectivity index (χ1) is 9.65. The summed E-state index contributed by atoms with van der Waals surface area (Å²) in [4.78, 5) is 0. The summed E-state index contributed by atoms with van der Waals surface area (Å²) in [5.74, 6) is 0. The molecule has 2 N–H and O–H groups in total. The largest absolute Gasteiger partial charge is 0.390 e. The fraction of sp³-hybridized carbons (Fsp3) is 0.438. The first-order valence-corrected chi connectivity index (χ1v) is 7.12. The van der Waals surface area contributed by atoms with Gasteiger partial charge in [-0.3, -0.25) is 4.68 Å². The number of hydrogen-bond acceptors (Lipinski definition) is 3. The highest BCUT2D eigenvalue weighted by molar-refractivity contribution is 5.19. The molecule has 0 aliphatic carbocycles. The maximum Gasteiger partial charge on any atom is 0.105 e. The highest BCUT2D eigenvalue weighted by Crippen LogP contribution is 2.20. The molecule has 4 heteroatoms. The summed E-state index contributed by atoms with van der Waals surface area (Å²) in [6.45, 7) is 4.85. The lowest BCUT2D eigenvalue weighted by Gasteiger charge is -2.18. The molecule has 2 aromatic rings. The molecular formula is C16H22N2O2. The molecule has 108 valence electrons. The van der Waals surface area contributed by atoms with E-state index in [1.807, 2.05) is 48.0 Å². The molecule has 0 bridgehead atoms. The number of benzene rings is 1. The average molecular weight is 274 g/mol. The lowest BCUT2D eigenvalue weighted by atomic mass is 10.0. The van der Waals surface area contributed by atoms with Crippen LogP contribution in [0, 0.1) is 0 Å². The Labute approximate surface area is 119 Å². The average Bonchev–Trinajstić information content (AvgIpc) is 2.89. The topological polar surface area (TPSA) is 58.3 Å². The number of aliphatic hydroxyl groups is 2. The summed E-state index contributed by atoms with van der Waals surface area (Å²) in [6, 6.07) is 11.3. The number of aromatic nitrogens is 2. The maximum atomic E-state index is 10.2. The van der Waals surface area contributed by atoms with Crippen molar-refractivity contribution in [2.45, 2.75) is 45.4 Å². The van der Waals surface area contributed by atoms with Gasteiger partial charge in [0.25, 0.3) is 0 Å². The van der Waals surface area contributed by atoms with Gasteiger partial charge in [-0.15, -0.1) is 0 Å². The summed E-state index contributed by atoms with van der Waals surface area (Å²) >= 11 is 0. The van der Waals surface area contributed by atoms with Crippen LogP contribution in [0.1, 0.15) is 36.9 Å². The summed E-state index contributed by atoms with van der Waals surface area (Å²) in [5.41, 5.74) is 2.72. The quantitative estimate of drug-likeness (QED) is 0.848. The fourth-order valence-corrected chi connectivity index (χ4v) is 2.32. The molecule has 0 saturated heterocycles. The lowest BCUT2D eigenvalue weighted by molar-refractivity contribution is 0.0178. The van der Waals surface area contributed by atoms with Crippen molar-refractivity contribution in [2.75, 3.05) is 0 Å². The zero-order chi connectivity index (χ0) is 14.5. The first kappa shape index (κ1) is 14.8. The van der Waals surface area contributed by atoms with E-state index in [4.69, 9.17) is 0 Å². The van der Waals surface area contributed by atoms with Gasteiger partial charge in [0, 0.05) is 18.7 Å². The number of rotatable bonds is 6. The second kappa shape index (κ2) is 6.68. The standard InChI is InChI=1S/C16H22N2O2/c1-3-13-10-14(18(4-2)17-13)11-15(19)16(20)12-8-6-5-7-9-12/h5-10,15-16,19-20H,3-4,11H2,1-2H3. The Kier molecular flexibility index (Phi) is 4.93. The van der Waals surface area contributed by atoms with Crippen molar-refractivity contribution < 1.29 is 10.2 Å². The minimum Gasteiger partial charge on any atom is -0.390 e. The SMILES string of the molecule is CCc1cc(CC(O)C(O)c2ccccc2)n(CC)n1. The Morgan fingerprint density at radius 2 is 1.85 bits per heavy atom. The maximum absolute atomic E-state index is 10.2. The van der Waals surface area contributed by atoms with Crippen LogP contribution in [0.4, 0.5) is 0 Å². The molecule has 0 saturated carbocycles. The molecule has 0 aliphatic rings. The van der Waals surface area contributed by atoms with E-state index >= 15 is 0 Å². The van der Waals surface area contributed by atoms with E-state index in [9.17, 15) is 10.2 Å². The number of aliphatic hydroxyl groups excluding tert-OH is 2. The van der Waals surface area contributed by atoms with Crippen molar-refractivity contribution in [2.24, 2.45) is 0 Å². The Hall–Kier alpha value is -1.65. The van der Waals surface area contributed by atoms with E-state index in [1.54, 1.807) is 0 Å². The molecule has 0 fully saturated rings. The van der Waals surface area contributed by atoms with Crippen molar-refractivity contribution in [1.82, 2.24) is 9.78 Å². The van der Waals surface area contributed by atoms with Gasteiger partial charge in [0.2, 0.25) is 0 Å². The van der Waals surface area contributed by atoms with Gasteiger partial charge in [-0.25, -0.2) is 0 Å². The zero-order valence-electron chi connectivity index (χ0n) is 12.0. The van der Waals surface area contributed by atoms with Gasteiger partial charge in [-0.05, 0) is 25.0 Å². The molecule has 1 aromatic carbocycles. The number of hydrogen-bond donors (Lipinski definition) is 2. The van der Waals surface area contributed by atoms with Crippen molar-refractivity contribution in [3.05, 3.63) is 53.3 Å². The molecular weight excluding hydrogens is 252 g/mol. The van der Waals surface area contributed by atoms with E-state index in [1.165, 1.54) is 0 Å². The molecule has 0 radical (unpaired) electrons. The van der Waals surface area contributed by atoms with Crippen LogP contribution in [-0.4, -0.2) is 26.1 Å². The fourth-order valence-electron chi connectivity index (χ4n) is 2.32. The lowest BCUT2D eigenvalue weighted by Crippen LogP contribution is -2.22. The second-order valence-corrected chi connectivity index (χ2v) is 4.92. The summed E-state index contributed by atoms with van der Waals surface area (Å²) in [6.07, 6.45) is -0.431. The zero-order valence-corrected chi connectivity index (χ0v) is 12.0. The molecule has 4 nitrogen and oxygen atoms in total. The predicted molar refractivity (Wildman–Crippen MR) is 78.4 cm³/mol. The van der Waals surface area contributed by atoms with Crippen LogP contribution >= 0.6 is 0 Å². The Morgan fingerprint density at radius 1 is 1.15 bits per heavy atom. The molecule has 1 aromatic heterocycles. The van der Waals surface area contributed by atoms with E-state index in [-0.39, 0.29) is 0 Å². The molecule has 20 heavy (non-hydrogen) atoms. The molecule has 0 spiro atoms. The van der Waals surface area contributed by atoms with Crippen LogP contribution in [0.3, 0.4) is 0 Å². The highest BCUT2D eigenvalue weighted by atomic mass is 16.3. The first-order valence-electron chi connectivity index (χ1n) is 7.12. The smallest absolute Gasteiger partial charge is 0.105 e. The van der Waals surface area contributed by atoms with Crippen LogP contribution < -0.4 is 0 Å². The van der Waals surface area contributed by atoms with Gasteiger partial charge in [0.1, 0.15) is 6.10 Å². The minimum absolute atomic E-state index is 0.400. The van der Waals surface area contributed by atoms with Crippen molar-refractivity contribution >= 4 is 0 Å². The van der Waals surface area contributed by atoms with Crippen LogP contribution in [-0.2, 0) is 19.4 Å². The molecule has 0 amide bonds. The van der Waals surface area contributed by atoms with Crippen molar-refractivity contribution in [3.8, 4) is 0 Å². The molecule has 1 heterocycles. The van der Waals surface area contributed by atoms with Gasteiger partial charge in [-0.2, -0.15) is 5.10 Å². The molecule has 0 aliphatic heterocycles. The summed E-state index contributed by atoms with van der Waals surface area (Å²) in [5, 5.41) is 24.9. The van der Waals surface area contributed by atoms with E-state index in [2.05, 4.69) is 12.0 Å². The van der Waals surface area contributed by atoms with Gasteiger partial charge < -0.3 is 10.2 Å². The Morgan fingerprint density at radius 3 is 2.45 bits per heavy atom. The molecule has 2 rings (SSSR count). The van der Waals surface area contributed by atoms with Crippen molar-refractivity contribution in [1.29, 1.82) is 0 Å². The van der Waals surface area contributed by atoms with Gasteiger partial charge >= 0.3 is 0 Å². The van der Waals surface area contributed by atoms with Crippen LogP contribution in [0.5, 0.6) is 0 Å². The summed E-state index contributed by atoms with van der Waals surface area (Å²) in [7, 11) is 0. The van der Waals surface area contributed by atoms with Crippen LogP contribution in [0.25, 0.3) is 0 Å². The monoisotopic (exact) mass is 274 g/mol. The normalized spacial score (nSPS) is 14.2. The van der Waals surface area contributed by atoms with E-state index in [0.717, 1.165) is 29.9 Å². The highest BCUT2D eigenvalue weighted by Gasteiger charge is 2.20. The van der Waals surface area contributed by atoms with E-state index < -0.39 is 12.2 Å². The third kappa shape index (κ3) is 3.26. The summed E-state index contributed by atoms with van der Waals surface area (Å²) < 4.78 is 1.89. The Balaban J connectivity index is 2.11. The van der Waals surface area contributed by atoms with Crippen LogP contribution in [0.2, 0.25) is 0 Å². The van der Waals surface area contributed by atoms with Gasteiger partial charge in [0.05, 0.1) is 11.8 Å². The predicted octanol–water partition coefficient (Wildman–Crippen LogP) is 2.10. The second-order valence-electron chi connectivity index (χ2n) is 4.92. The number of nitrogens with zero attached hydrogens (tertiary/aromatic N) is 2.